The Morgan fingerprint density at radius 2 is 1.86 bits per heavy atom. The minimum Gasteiger partial charge on any atom is -0.329 e. The molecular formula is C14H22N2O4S2. The van der Waals surface area contributed by atoms with E-state index in [4.69, 9.17) is 5.73 Å². The molecule has 1 aliphatic rings. The fourth-order valence-corrected chi connectivity index (χ4v) is 5.41. The zero-order valence-corrected chi connectivity index (χ0v) is 14.2. The molecule has 124 valence electrons. The molecule has 1 heterocycles. The van der Waals surface area contributed by atoms with E-state index < -0.39 is 19.9 Å². The smallest absolute Gasteiger partial charge is 0.243 e. The first kappa shape index (κ1) is 17.4. The molecule has 22 heavy (non-hydrogen) atoms. The lowest BCUT2D eigenvalue weighted by Crippen LogP contribution is -2.47. The topological polar surface area (TPSA) is 97.5 Å². The van der Waals surface area contributed by atoms with Gasteiger partial charge in [-0.2, -0.15) is 4.31 Å². The second-order valence-electron chi connectivity index (χ2n) is 5.38. The van der Waals surface area contributed by atoms with Crippen LogP contribution in [0.3, 0.4) is 0 Å². The molecule has 8 heteroatoms. The molecular weight excluding hydrogens is 324 g/mol. The van der Waals surface area contributed by atoms with E-state index in [0.717, 1.165) is 19.3 Å². The van der Waals surface area contributed by atoms with Gasteiger partial charge in [-0.05, 0) is 31.0 Å². The van der Waals surface area contributed by atoms with Crippen LogP contribution in [0.2, 0.25) is 0 Å². The summed E-state index contributed by atoms with van der Waals surface area (Å²) in [7, 11) is -7.16. The third kappa shape index (κ3) is 3.34. The van der Waals surface area contributed by atoms with Crippen LogP contribution >= 0.6 is 0 Å². The zero-order valence-electron chi connectivity index (χ0n) is 12.6. The van der Waals surface area contributed by atoms with E-state index in [1.54, 1.807) is 0 Å². The molecule has 1 aliphatic heterocycles. The van der Waals surface area contributed by atoms with Gasteiger partial charge in [0.1, 0.15) is 0 Å². The molecule has 2 rings (SSSR count). The Kier molecular flexibility index (Phi) is 5.26. The van der Waals surface area contributed by atoms with Gasteiger partial charge in [-0.1, -0.05) is 19.4 Å². The fraction of sp³-hybridized carbons (Fsp3) is 0.571. The molecule has 1 atom stereocenters. The largest absolute Gasteiger partial charge is 0.329 e. The molecule has 6 nitrogen and oxygen atoms in total. The van der Waals surface area contributed by atoms with E-state index in [9.17, 15) is 16.8 Å². The summed E-state index contributed by atoms with van der Waals surface area (Å²) in [5.74, 6) is -0.0638. The fourth-order valence-electron chi connectivity index (χ4n) is 2.66. The van der Waals surface area contributed by atoms with Gasteiger partial charge in [0.05, 0.1) is 15.5 Å². The molecule has 0 aliphatic carbocycles. The van der Waals surface area contributed by atoms with E-state index in [0.29, 0.717) is 6.54 Å². The Balaban J connectivity index is 2.44. The summed E-state index contributed by atoms with van der Waals surface area (Å²) in [6.07, 6.45) is 2.49. The van der Waals surface area contributed by atoms with Gasteiger partial charge in [0.2, 0.25) is 10.0 Å². The van der Waals surface area contributed by atoms with Gasteiger partial charge in [0, 0.05) is 19.1 Å². The van der Waals surface area contributed by atoms with Crippen molar-refractivity contribution in [1.82, 2.24) is 4.31 Å². The van der Waals surface area contributed by atoms with Crippen LogP contribution in [0.1, 0.15) is 26.2 Å². The first-order chi connectivity index (χ1) is 10.3. The number of piperidine rings is 1. The van der Waals surface area contributed by atoms with Crippen LogP contribution in [0.4, 0.5) is 0 Å². The van der Waals surface area contributed by atoms with Crippen molar-refractivity contribution in [3.05, 3.63) is 24.3 Å². The number of nitrogens with two attached hydrogens (primary N) is 1. The summed E-state index contributed by atoms with van der Waals surface area (Å²) in [5.41, 5.74) is 5.69. The minimum absolute atomic E-state index is 0.0161. The molecule has 0 unspecified atom stereocenters. The summed E-state index contributed by atoms with van der Waals surface area (Å²) in [6, 6.07) is 5.36. The van der Waals surface area contributed by atoms with Crippen molar-refractivity contribution in [3.8, 4) is 0 Å². The van der Waals surface area contributed by atoms with E-state index in [1.807, 2.05) is 0 Å². The Bertz CT molecular complexity index is 729. The highest BCUT2D eigenvalue weighted by atomic mass is 32.2. The number of sulfonamides is 1. The van der Waals surface area contributed by atoms with E-state index in [1.165, 1.54) is 35.5 Å². The lowest BCUT2D eigenvalue weighted by atomic mass is 10.1. The molecule has 0 saturated carbocycles. The second kappa shape index (κ2) is 6.66. The van der Waals surface area contributed by atoms with Gasteiger partial charge in [0.15, 0.2) is 9.84 Å². The van der Waals surface area contributed by atoms with Crippen LogP contribution in [0.5, 0.6) is 0 Å². The van der Waals surface area contributed by atoms with Crippen molar-refractivity contribution < 1.29 is 16.8 Å². The number of benzene rings is 1. The maximum absolute atomic E-state index is 12.8. The maximum Gasteiger partial charge on any atom is 0.243 e. The molecule has 1 saturated heterocycles. The van der Waals surface area contributed by atoms with Gasteiger partial charge in [0.25, 0.3) is 0 Å². The summed E-state index contributed by atoms with van der Waals surface area (Å²) >= 11 is 0. The molecule has 0 spiro atoms. The highest BCUT2D eigenvalue weighted by molar-refractivity contribution is 7.91. The normalized spacial score (nSPS) is 20.9. The van der Waals surface area contributed by atoms with Crippen molar-refractivity contribution in [3.63, 3.8) is 0 Å². The third-order valence-corrected chi connectivity index (χ3v) is 7.68. The number of sulfone groups is 1. The number of hydrogen-bond donors (Lipinski definition) is 1. The average Bonchev–Trinajstić information content (AvgIpc) is 2.54. The third-order valence-electron chi connectivity index (χ3n) is 4.00. The number of hydrogen-bond acceptors (Lipinski definition) is 5. The van der Waals surface area contributed by atoms with Gasteiger partial charge in [-0.25, -0.2) is 16.8 Å². The van der Waals surface area contributed by atoms with Crippen molar-refractivity contribution >= 4 is 19.9 Å². The Morgan fingerprint density at radius 1 is 1.18 bits per heavy atom. The van der Waals surface area contributed by atoms with Crippen LogP contribution in [-0.2, 0) is 19.9 Å². The van der Waals surface area contributed by atoms with Crippen molar-refractivity contribution in [2.75, 3.05) is 18.8 Å². The maximum atomic E-state index is 12.8. The monoisotopic (exact) mass is 346 g/mol. The molecule has 0 radical (unpaired) electrons. The predicted octanol–water partition coefficient (Wildman–Crippen LogP) is 0.982. The average molecular weight is 346 g/mol. The van der Waals surface area contributed by atoms with Crippen LogP contribution in [-0.4, -0.2) is 46.0 Å². The lowest BCUT2D eigenvalue weighted by Gasteiger charge is -2.33. The Hall–Kier alpha value is -0.960. The van der Waals surface area contributed by atoms with E-state index in [-0.39, 0.29) is 28.1 Å². The number of rotatable bonds is 5. The van der Waals surface area contributed by atoms with Crippen molar-refractivity contribution in [2.24, 2.45) is 5.73 Å². The minimum atomic E-state index is -3.73. The standard InChI is InChI=1S/C14H22N2O4S2/c1-2-21(17,18)13-7-5-8-14(10-13)22(19,20)16-9-4-3-6-12(16)11-15/h5,7-8,10,12H,2-4,6,9,11,15H2,1H3/t12-/m1/s1. The van der Waals surface area contributed by atoms with Gasteiger partial charge in [-0.3, -0.25) is 0 Å². The van der Waals surface area contributed by atoms with E-state index >= 15 is 0 Å². The SMILES string of the molecule is CCS(=O)(=O)c1cccc(S(=O)(=O)N2CCCC[C@@H]2CN)c1. The second-order valence-corrected chi connectivity index (χ2v) is 9.55. The predicted molar refractivity (Wildman–Crippen MR) is 84.8 cm³/mol. The zero-order chi connectivity index (χ0) is 16.4. The molecule has 0 bridgehead atoms. The van der Waals surface area contributed by atoms with Gasteiger partial charge in [-0.15, -0.1) is 0 Å². The van der Waals surface area contributed by atoms with E-state index in [2.05, 4.69) is 0 Å². The van der Waals surface area contributed by atoms with Crippen LogP contribution in [0, 0.1) is 0 Å². The Morgan fingerprint density at radius 3 is 2.50 bits per heavy atom. The van der Waals surface area contributed by atoms with Crippen LogP contribution in [0.15, 0.2) is 34.1 Å². The molecule has 2 N–H and O–H groups in total. The van der Waals surface area contributed by atoms with Gasteiger partial charge < -0.3 is 5.73 Å². The van der Waals surface area contributed by atoms with Crippen molar-refractivity contribution in [2.45, 2.75) is 42.0 Å². The van der Waals surface area contributed by atoms with Crippen LogP contribution < -0.4 is 5.73 Å². The first-order valence-electron chi connectivity index (χ1n) is 7.37. The highest BCUT2D eigenvalue weighted by Gasteiger charge is 2.33. The number of nitrogens with zero attached hydrogens (tertiary/aromatic N) is 1. The summed E-state index contributed by atoms with van der Waals surface area (Å²) in [5, 5.41) is 0. The van der Waals surface area contributed by atoms with Crippen LogP contribution in [0.25, 0.3) is 0 Å². The summed E-state index contributed by atoms with van der Waals surface area (Å²) in [4.78, 5) is 0.0553. The molecule has 0 amide bonds. The molecule has 1 aromatic rings. The molecule has 1 fully saturated rings. The molecule has 1 aromatic carbocycles. The molecule has 0 aromatic heterocycles. The highest BCUT2D eigenvalue weighted by Crippen LogP contribution is 2.26. The summed E-state index contributed by atoms with van der Waals surface area (Å²) < 4.78 is 50.9. The van der Waals surface area contributed by atoms with Gasteiger partial charge >= 0.3 is 0 Å². The summed E-state index contributed by atoms with van der Waals surface area (Å²) in [6.45, 7) is 2.23. The quantitative estimate of drug-likeness (QED) is 0.857. The lowest BCUT2D eigenvalue weighted by molar-refractivity contribution is 0.257. The Labute approximate surface area is 132 Å². The van der Waals surface area contributed by atoms with Crippen molar-refractivity contribution in [1.29, 1.82) is 0 Å². The first-order valence-corrected chi connectivity index (χ1v) is 10.5.